The van der Waals surface area contributed by atoms with Crippen molar-refractivity contribution < 1.29 is 9.13 Å². The minimum absolute atomic E-state index is 0. The first kappa shape index (κ1) is 13.2. The van der Waals surface area contributed by atoms with E-state index in [0.717, 1.165) is 25.2 Å². The monoisotopic (exact) mass is 246 g/mol. The molecule has 1 aliphatic heterocycles. The van der Waals surface area contributed by atoms with E-state index in [1.54, 1.807) is 6.07 Å². The highest BCUT2D eigenvalue weighted by Gasteiger charge is 2.15. The molecule has 2 N–H and O–H groups in total. The van der Waals surface area contributed by atoms with Crippen LogP contribution in [0.15, 0.2) is 18.2 Å². The van der Waals surface area contributed by atoms with Crippen molar-refractivity contribution in [1.29, 1.82) is 0 Å². The molecule has 1 aromatic carbocycles. The Hall–Kier alpha value is -0.840. The molecule has 1 fully saturated rings. The van der Waals surface area contributed by atoms with E-state index in [0.29, 0.717) is 5.75 Å². The average Bonchev–Trinajstić information content (AvgIpc) is 2.30. The van der Waals surface area contributed by atoms with Gasteiger partial charge < -0.3 is 15.4 Å². The normalized spacial score (nSPS) is 20.0. The lowest BCUT2D eigenvalue weighted by molar-refractivity contribution is 0.383. The first-order valence-electron chi connectivity index (χ1n) is 5.09. The van der Waals surface area contributed by atoms with E-state index in [2.05, 4.69) is 10.6 Å². The minimum atomic E-state index is -0.303. The summed E-state index contributed by atoms with van der Waals surface area (Å²) in [5.74, 6) is -0.00936. The summed E-state index contributed by atoms with van der Waals surface area (Å²) in [6.45, 7) is 2.72. The lowest BCUT2D eigenvalue weighted by Crippen LogP contribution is -2.42. The third-order valence-electron chi connectivity index (χ3n) is 2.62. The quantitative estimate of drug-likeness (QED) is 0.830. The molecule has 0 aromatic heterocycles. The van der Waals surface area contributed by atoms with Crippen molar-refractivity contribution in [3.05, 3.63) is 29.6 Å². The van der Waals surface area contributed by atoms with Gasteiger partial charge in [-0.15, -0.1) is 12.4 Å². The lowest BCUT2D eigenvalue weighted by Gasteiger charge is -2.25. The van der Waals surface area contributed by atoms with Crippen LogP contribution in [0.4, 0.5) is 4.39 Å². The average molecular weight is 247 g/mol. The second-order valence-electron chi connectivity index (χ2n) is 3.60. The Balaban J connectivity index is 0.00000128. The van der Waals surface area contributed by atoms with Crippen LogP contribution in [-0.2, 0) is 0 Å². The molecule has 3 nitrogen and oxygen atoms in total. The third-order valence-corrected chi connectivity index (χ3v) is 2.62. The van der Waals surface area contributed by atoms with Crippen LogP contribution < -0.4 is 15.4 Å². The molecule has 0 amide bonds. The Labute approximate surface area is 101 Å². The predicted octanol–water partition coefficient (Wildman–Crippen LogP) is 1.49. The van der Waals surface area contributed by atoms with Gasteiger partial charge in [-0.25, -0.2) is 4.39 Å². The van der Waals surface area contributed by atoms with Crippen molar-refractivity contribution in [2.75, 3.05) is 26.7 Å². The molecular weight excluding hydrogens is 231 g/mol. The van der Waals surface area contributed by atoms with Gasteiger partial charge in [-0.3, -0.25) is 0 Å². The molecule has 1 heterocycles. The summed E-state index contributed by atoms with van der Waals surface area (Å²) in [6.07, 6.45) is 0. The zero-order valence-corrected chi connectivity index (χ0v) is 9.94. The molecule has 0 spiro atoms. The molecular formula is C11H16ClFN2O. The third kappa shape index (κ3) is 2.84. The van der Waals surface area contributed by atoms with E-state index in [4.69, 9.17) is 4.74 Å². The first-order chi connectivity index (χ1) is 7.31. The van der Waals surface area contributed by atoms with Crippen LogP contribution in [0.2, 0.25) is 0 Å². The fourth-order valence-electron chi connectivity index (χ4n) is 1.79. The van der Waals surface area contributed by atoms with Gasteiger partial charge in [0.1, 0.15) is 0 Å². The fourth-order valence-corrected chi connectivity index (χ4v) is 1.79. The van der Waals surface area contributed by atoms with Gasteiger partial charge in [-0.05, 0) is 17.7 Å². The Bertz CT molecular complexity index is 343. The Kier molecular flexibility index (Phi) is 4.99. The number of piperazine rings is 1. The maximum Gasteiger partial charge on any atom is 0.165 e. The summed E-state index contributed by atoms with van der Waals surface area (Å²) in [6, 6.07) is 5.29. The van der Waals surface area contributed by atoms with E-state index in [-0.39, 0.29) is 24.3 Å². The fraction of sp³-hybridized carbons (Fsp3) is 0.455. The second-order valence-corrected chi connectivity index (χ2v) is 3.60. The highest BCUT2D eigenvalue weighted by Crippen LogP contribution is 2.22. The summed E-state index contributed by atoms with van der Waals surface area (Å²) >= 11 is 0. The zero-order chi connectivity index (χ0) is 10.7. The van der Waals surface area contributed by atoms with E-state index < -0.39 is 0 Å². The number of methoxy groups -OCH3 is 1. The maximum atomic E-state index is 13.4. The molecule has 5 heteroatoms. The van der Waals surface area contributed by atoms with Gasteiger partial charge in [-0.1, -0.05) is 6.07 Å². The number of hydrogen-bond acceptors (Lipinski definition) is 3. The van der Waals surface area contributed by atoms with Crippen molar-refractivity contribution in [2.45, 2.75) is 6.04 Å². The Morgan fingerprint density at radius 2 is 2.19 bits per heavy atom. The van der Waals surface area contributed by atoms with Gasteiger partial charge in [0.05, 0.1) is 7.11 Å². The molecule has 1 aromatic rings. The molecule has 0 saturated carbocycles. The lowest BCUT2D eigenvalue weighted by atomic mass is 10.1. The topological polar surface area (TPSA) is 33.3 Å². The summed E-state index contributed by atoms with van der Waals surface area (Å²) < 4.78 is 18.3. The summed E-state index contributed by atoms with van der Waals surface area (Å²) in [4.78, 5) is 0. The summed E-state index contributed by atoms with van der Waals surface area (Å²) in [5, 5.41) is 6.60. The SMILES string of the molecule is COc1ccc([C@H]2CNCCN2)cc1F.Cl. The summed E-state index contributed by atoms with van der Waals surface area (Å²) in [7, 11) is 1.47. The van der Waals surface area contributed by atoms with Gasteiger partial charge in [0.2, 0.25) is 0 Å². The van der Waals surface area contributed by atoms with Crippen LogP contribution in [0.25, 0.3) is 0 Å². The Morgan fingerprint density at radius 1 is 1.38 bits per heavy atom. The first-order valence-corrected chi connectivity index (χ1v) is 5.09. The van der Waals surface area contributed by atoms with Crippen LogP contribution >= 0.6 is 12.4 Å². The van der Waals surface area contributed by atoms with E-state index in [9.17, 15) is 4.39 Å². The van der Waals surface area contributed by atoms with Crippen molar-refractivity contribution in [3.63, 3.8) is 0 Å². The highest BCUT2D eigenvalue weighted by atomic mass is 35.5. The van der Waals surface area contributed by atoms with Crippen molar-refractivity contribution >= 4 is 12.4 Å². The molecule has 0 bridgehead atoms. The number of rotatable bonds is 2. The maximum absolute atomic E-state index is 13.4. The number of ether oxygens (including phenoxy) is 1. The van der Waals surface area contributed by atoms with Gasteiger partial charge in [0, 0.05) is 25.7 Å². The van der Waals surface area contributed by atoms with Gasteiger partial charge in [-0.2, -0.15) is 0 Å². The van der Waals surface area contributed by atoms with Crippen LogP contribution in [0.1, 0.15) is 11.6 Å². The van der Waals surface area contributed by atoms with E-state index >= 15 is 0 Å². The standard InChI is InChI=1S/C11H15FN2O.ClH/c1-15-11-3-2-8(6-9(11)12)10-7-13-4-5-14-10;/h2-3,6,10,13-14H,4-5,7H2,1H3;1H/t10-;/m1./s1. The van der Waals surface area contributed by atoms with Crippen molar-refractivity contribution in [3.8, 4) is 5.75 Å². The predicted molar refractivity (Wildman–Crippen MR) is 63.8 cm³/mol. The molecule has 16 heavy (non-hydrogen) atoms. The van der Waals surface area contributed by atoms with Gasteiger partial charge in [0.25, 0.3) is 0 Å². The number of hydrogen-bond donors (Lipinski definition) is 2. The van der Waals surface area contributed by atoms with Gasteiger partial charge in [0.15, 0.2) is 11.6 Å². The van der Waals surface area contributed by atoms with Crippen LogP contribution in [0.3, 0.4) is 0 Å². The zero-order valence-electron chi connectivity index (χ0n) is 9.13. The summed E-state index contributed by atoms with van der Waals surface area (Å²) in [5.41, 5.74) is 0.959. The molecule has 0 aliphatic carbocycles. The molecule has 1 atom stereocenters. The highest BCUT2D eigenvalue weighted by molar-refractivity contribution is 5.85. The molecule has 0 unspecified atom stereocenters. The second kappa shape index (κ2) is 6.03. The Morgan fingerprint density at radius 3 is 2.75 bits per heavy atom. The van der Waals surface area contributed by atoms with Crippen LogP contribution in [0.5, 0.6) is 5.75 Å². The van der Waals surface area contributed by atoms with E-state index in [1.807, 2.05) is 6.07 Å². The largest absolute Gasteiger partial charge is 0.494 e. The molecule has 2 rings (SSSR count). The number of benzene rings is 1. The van der Waals surface area contributed by atoms with Gasteiger partial charge >= 0.3 is 0 Å². The number of nitrogens with one attached hydrogen (secondary N) is 2. The smallest absolute Gasteiger partial charge is 0.165 e. The van der Waals surface area contributed by atoms with E-state index in [1.165, 1.54) is 13.2 Å². The molecule has 1 aliphatic rings. The van der Waals surface area contributed by atoms with Crippen molar-refractivity contribution in [1.82, 2.24) is 10.6 Å². The number of halogens is 2. The molecule has 0 radical (unpaired) electrons. The van der Waals surface area contributed by atoms with Crippen LogP contribution in [0, 0.1) is 5.82 Å². The minimum Gasteiger partial charge on any atom is -0.494 e. The van der Waals surface area contributed by atoms with Crippen LogP contribution in [-0.4, -0.2) is 26.7 Å². The molecule has 90 valence electrons. The molecule has 1 saturated heterocycles. The van der Waals surface area contributed by atoms with Crippen molar-refractivity contribution in [2.24, 2.45) is 0 Å².